The highest BCUT2D eigenvalue weighted by atomic mass is 79.9. The Labute approximate surface area is 101 Å². The van der Waals surface area contributed by atoms with Gasteiger partial charge in [-0.15, -0.1) is 0 Å². The lowest BCUT2D eigenvalue weighted by atomic mass is 10.1. The first-order valence-electron chi connectivity index (χ1n) is 4.73. The second kappa shape index (κ2) is 4.14. The Morgan fingerprint density at radius 3 is 2.69 bits per heavy atom. The molecular weight excluding hydrogens is 270 g/mol. The molecule has 0 aliphatic heterocycles. The molecular formula is C12H10BrNO2. The maximum absolute atomic E-state index is 12.0. The van der Waals surface area contributed by atoms with Gasteiger partial charge in [-0.25, -0.2) is 0 Å². The molecule has 0 aliphatic rings. The maximum atomic E-state index is 12.0. The number of anilines is 1. The normalized spacial score (nSPS) is 10.4. The lowest BCUT2D eigenvalue weighted by Gasteiger charge is -2.02. The summed E-state index contributed by atoms with van der Waals surface area (Å²) in [5.41, 5.74) is 7.65. The lowest BCUT2D eigenvalue weighted by Crippen LogP contribution is -2.02. The van der Waals surface area contributed by atoms with Crippen molar-refractivity contribution in [2.45, 2.75) is 6.92 Å². The van der Waals surface area contributed by atoms with Crippen LogP contribution in [0.2, 0.25) is 0 Å². The van der Waals surface area contributed by atoms with Crippen molar-refractivity contribution in [1.82, 2.24) is 0 Å². The van der Waals surface area contributed by atoms with E-state index in [4.69, 9.17) is 10.2 Å². The molecule has 0 radical (unpaired) electrons. The highest BCUT2D eigenvalue weighted by Crippen LogP contribution is 2.23. The van der Waals surface area contributed by atoms with E-state index in [1.54, 1.807) is 24.3 Å². The zero-order valence-corrected chi connectivity index (χ0v) is 10.2. The van der Waals surface area contributed by atoms with E-state index in [2.05, 4.69) is 15.9 Å². The van der Waals surface area contributed by atoms with Crippen molar-refractivity contribution in [3.8, 4) is 0 Å². The van der Waals surface area contributed by atoms with E-state index in [1.165, 1.54) is 6.26 Å². The fourth-order valence-corrected chi connectivity index (χ4v) is 1.78. The fourth-order valence-electron chi connectivity index (χ4n) is 1.40. The zero-order valence-electron chi connectivity index (χ0n) is 8.66. The minimum Gasteiger partial charge on any atom is -0.461 e. The highest BCUT2D eigenvalue weighted by Gasteiger charge is 2.15. The molecule has 0 atom stereocenters. The van der Waals surface area contributed by atoms with Crippen LogP contribution in [-0.4, -0.2) is 5.78 Å². The minimum atomic E-state index is -0.136. The van der Waals surface area contributed by atoms with Crippen molar-refractivity contribution in [2.24, 2.45) is 0 Å². The Morgan fingerprint density at radius 2 is 2.12 bits per heavy atom. The molecule has 1 aromatic carbocycles. The first kappa shape index (κ1) is 11.0. The van der Waals surface area contributed by atoms with Gasteiger partial charge >= 0.3 is 0 Å². The van der Waals surface area contributed by atoms with Gasteiger partial charge in [0.25, 0.3) is 0 Å². The molecule has 2 aromatic rings. The molecule has 0 bridgehead atoms. The van der Waals surface area contributed by atoms with Gasteiger partial charge < -0.3 is 10.2 Å². The zero-order chi connectivity index (χ0) is 11.7. The van der Waals surface area contributed by atoms with Crippen LogP contribution in [0.4, 0.5) is 5.69 Å². The number of aryl methyl sites for hydroxylation is 1. The van der Waals surface area contributed by atoms with E-state index in [9.17, 15) is 4.79 Å². The van der Waals surface area contributed by atoms with Crippen LogP contribution in [-0.2, 0) is 0 Å². The van der Waals surface area contributed by atoms with E-state index < -0.39 is 0 Å². The third kappa shape index (κ3) is 1.88. The number of carbonyl (C=O) groups excluding carboxylic acids is 1. The van der Waals surface area contributed by atoms with Gasteiger partial charge in [0, 0.05) is 15.7 Å². The average Bonchev–Trinajstić information content (AvgIpc) is 2.67. The number of nitrogens with two attached hydrogens (primary N) is 1. The number of nitrogen functional groups attached to an aromatic ring is 1. The summed E-state index contributed by atoms with van der Waals surface area (Å²) >= 11 is 3.29. The molecule has 0 saturated carbocycles. The topological polar surface area (TPSA) is 56.2 Å². The van der Waals surface area contributed by atoms with E-state index in [-0.39, 0.29) is 5.78 Å². The van der Waals surface area contributed by atoms with Gasteiger partial charge in [0.05, 0.1) is 6.26 Å². The lowest BCUT2D eigenvalue weighted by molar-refractivity contribution is 0.101. The first-order valence-corrected chi connectivity index (χ1v) is 5.52. The van der Waals surface area contributed by atoms with E-state index in [0.717, 1.165) is 5.56 Å². The van der Waals surface area contributed by atoms with E-state index >= 15 is 0 Å². The van der Waals surface area contributed by atoms with Crippen molar-refractivity contribution in [3.05, 3.63) is 51.9 Å². The van der Waals surface area contributed by atoms with Crippen molar-refractivity contribution in [1.29, 1.82) is 0 Å². The second-order valence-corrected chi connectivity index (χ2v) is 4.35. The van der Waals surface area contributed by atoms with Crippen LogP contribution < -0.4 is 5.73 Å². The summed E-state index contributed by atoms with van der Waals surface area (Å²) in [6.07, 6.45) is 1.51. The number of hydrogen-bond acceptors (Lipinski definition) is 3. The van der Waals surface area contributed by atoms with Crippen LogP contribution in [0.3, 0.4) is 0 Å². The van der Waals surface area contributed by atoms with Gasteiger partial charge in [-0.05, 0) is 52.7 Å². The highest BCUT2D eigenvalue weighted by molar-refractivity contribution is 9.10. The standard InChI is InChI=1S/C12H10BrNO2/c1-7-4-5-16-12(7)11(15)8-2-3-10(14)9(13)6-8/h2-6H,14H2,1H3. The second-order valence-electron chi connectivity index (χ2n) is 3.50. The summed E-state index contributed by atoms with van der Waals surface area (Å²) in [6, 6.07) is 6.83. The van der Waals surface area contributed by atoms with Crippen molar-refractivity contribution < 1.29 is 9.21 Å². The number of halogens is 1. The Bertz CT molecular complexity index is 546. The first-order chi connectivity index (χ1) is 7.59. The van der Waals surface area contributed by atoms with Crippen LogP contribution in [0.15, 0.2) is 39.4 Å². The van der Waals surface area contributed by atoms with E-state index in [1.807, 2.05) is 6.92 Å². The van der Waals surface area contributed by atoms with Gasteiger partial charge in [0.2, 0.25) is 5.78 Å². The van der Waals surface area contributed by atoms with Crippen molar-refractivity contribution >= 4 is 27.4 Å². The predicted molar refractivity (Wildman–Crippen MR) is 65.4 cm³/mol. The molecule has 4 heteroatoms. The number of benzene rings is 1. The third-order valence-corrected chi connectivity index (χ3v) is 3.02. The molecule has 0 unspecified atom stereocenters. The average molecular weight is 280 g/mol. The Morgan fingerprint density at radius 1 is 1.38 bits per heavy atom. The molecule has 1 heterocycles. The monoisotopic (exact) mass is 279 g/mol. The number of carbonyl (C=O) groups is 1. The Kier molecular flexibility index (Phi) is 2.83. The predicted octanol–water partition coefficient (Wildman–Crippen LogP) is 3.16. The van der Waals surface area contributed by atoms with Crippen LogP contribution in [0.25, 0.3) is 0 Å². The van der Waals surface area contributed by atoms with Gasteiger partial charge in [-0.1, -0.05) is 0 Å². The number of furan rings is 1. The molecule has 1 aromatic heterocycles. The molecule has 0 amide bonds. The summed E-state index contributed by atoms with van der Waals surface area (Å²) < 4.78 is 5.87. The minimum absolute atomic E-state index is 0.136. The van der Waals surface area contributed by atoms with Crippen molar-refractivity contribution in [2.75, 3.05) is 5.73 Å². The molecule has 16 heavy (non-hydrogen) atoms. The summed E-state index contributed by atoms with van der Waals surface area (Å²) in [6.45, 7) is 1.84. The largest absolute Gasteiger partial charge is 0.461 e. The molecule has 0 saturated heterocycles. The van der Waals surface area contributed by atoms with Gasteiger partial charge in [-0.3, -0.25) is 4.79 Å². The van der Waals surface area contributed by atoms with E-state index in [0.29, 0.717) is 21.5 Å². The van der Waals surface area contributed by atoms with Crippen LogP contribution in [0.5, 0.6) is 0 Å². The Hall–Kier alpha value is -1.55. The van der Waals surface area contributed by atoms with Gasteiger partial charge in [0.1, 0.15) is 0 Å². The fraction of sp³-hybridized carbons (Fsp3) is 0.0833. The van der Waals surface area contributed by atoms with Gasteiger partial charge in [-0.2, -0.15) is 0 Å². The summed E-state index contributed by atoms with van der Waals surface area (Å²) in [4.78, 5) is 12.0. The Balaban J connectivity index is 2.42. The third-order valence-electron chi connectivity index (χ3n) is 2.33. The quantitative estimate of drug-likeness (QED) is 0.679. The number of hydrogen-bond donors (Lipinski definition) is 1. The summed E-state index contributed by atoms with van der Waals surface area (Å²) in [5, 5.41) is 0. The molecule has 2 rings (SSSR count). The molecule has 0 aliphatic carbocycles. The summed E-state index contributed by atoms with van der Waals surface area (Å²) in [5.74, 6) is 0.236. The number of ketones is 1. The van der Waals surface area contributed by atoms with Crippen LogP contribution in [0, 0.1) is 6.92 Å². The molecule has 0 fully saturated rings. The molecule has 2 N–H and O–H groups in total. The summed E-state index contributed by atoms with van der Waals surface area (Å²) in [7, 11) is 0. The molecule has 3 nitrogen and oxygen atoms in total. The SMILES string of the molecule is Cc1ccoc1C(=O)c1ccc(N)c(Br)c1. The number of rotatable bonds is 2. The molecule has 82 valence electrons. The van der Waals surface area contributed by atoms with Crippen molar-refractivity contribution in [3.63, 3.8) is 0 Å². The van der Waals surface area contributed by atoms with Crippen LogP contribution >= 0.6 is 15.9 Å². The molecule has 0 spiro atoms. The van der Waals surface area contributed by atoms with Gasteiger partial charge in [0.15, 0.2) is 5.76 Å². The maximum Gasteiger partial charge on any atom is 0.228 e. The van der Waals surface area contributed by atoms with Crippen LogP contribution in [0.1, 0.15) is 21.7 Å². The smallest absolute Gasteiger partial charge is 0.228 e.